The number of hydrogen-bond donors (Lipinski definition) is 0. The number of aryl methyl sites for hydroxylation is 6. The summed E-state index contributed by atoms with van der Waals surface area (Å²) in [6.07, 6.45) is 4.34. The molecule has 0 bridgehead atoms. The second-order valence-corrected chi connectivity index (χ2v) is 7.77. The van der Waals surface area contributed by atoms with Gasteiger partial charge in [0.1, 0.15) is 23.8 Å². The monoisotopic (exact) mass is 466 g/mol. The van der Waals surface area contributed by atoms with E-state index >= 15 is 0 Å². The van der Waals surface area contributed by atoms with Crippen LogP contribution in [0.15, 0.2) is 36.7 Å². The second-order valence-electron chi connectivity index (χ2n) is 6.80. The summed E-state index contributed by atoms with van der Waals surface area (Å²) in [6.45, 7) is 13.1. The van der Waals surface area contributed by atoms with Crippen molar-refractivity contribution in [3.8, 4) is 11.4 Å². The van der Waals surface area contributed by atoms with E-state index in [1.807, 2.05) is 0 Å². The minimum absolute atomic E-state index is 0. The van der Waals surface area contributed by atoms with Crippen LogP contribution in [0.4, 0.5) is 0 Å². The van der Waals surface area contributed by atoms with E-state index in [9.17, 15) is 0 Å². The lowest BCUT2D eigenvalue weighted by Gasteiger charge is -2.10. The van der Waals surface area contributed by atoms with Gasteiger partial charge in [0.2, 0.25) is 0 Å². The molecule has 0 fully saturated rings. The molecule has 2 aromatic carbocycles. The highest BCUT2D eigenvalue weighted by atomic mass is 127. The van der Waals surface area contributed by atoms with Gasteiger partial charge in [-0.25, -0.2) is 0 Å². The Labute approximate surface area is 170 Å². The Morgan fingerprint density at radius 3 is 1.68 bits per heavy atom. The van der Waals surface area contributed by atoms with Crippen LogP contribution < -0.4 is 17.0 Å². The van der Waals surface area contributed by atoms with Crippen LogP contribution in [-0.2, 0) is 0 Å². The summed E-state index contributed by atoms with van der Waals surface area (Å²) in [5.41, 5.74) is 10.4. The van der Waals surface area contributed by atoms with Crippen LogP contribution in [-0.4, -0.2) is 4.57 Å². The van der Waals surface area contributed by atoms with Crippen molar-refractivity contribution in [2.75, 3.05) is 0 Å². The maximum Gasteiger partial charge on any atom is 0.327 e. The first-order valence-corrected chi connectivity index (χ1v) is 9.32. The molecule has 4 heteroatoms. The van der Waals surface area contributed by atoms with E-state index in [2.05, 4.69) is 110 Å². The SMILES string of the molecule is Cc1cc(C)c(-n2cc[n+](-c3c(C)cc(C)cc3C)c2I)c(C)c1.[Cl-]. The Morgan fingerprint density at radius 1 is 0.760 bits per heavy atom. The van der Waals surface area contributed by atoms with E-state index in [0.717, 1.165) is 0 Å². The average Bonchev–Trinajstić information content (AvgIpc) is 2.79. The molecule has 0 spiro atoms. The highest BCUT2D eigenvalue weighted by Crippen LogP contribution is 2.24. The molecule has 2 nitrogen and oxygen atoms in total. The van der Waals surface area contributed by atoms with Crippen molar-refractivity contribution in [1.29, 1.82) is 0 Å². The van der Waals surface area contributed by atoms with Crippen LogP contribution in [0, 0.1) is 45.4 Å². The molecule has 3 aromatic rings. The molecule has 1 heterocycles. The summed E-state index contributed by atoms with van der Waals surface area (Å²) < 4.78 is 5.78. The van der Waals surface area contributed by atoms with Gasteiger partial charge in [0.05, 0.1) is 22.6 Å². The van der Waals surface area contributed by atoms with E-state index in [4.69, 9.17) is 0 Å². The van der Waals surface area contributed by atoms with Gasteiger partial charge in [-0.05, 0) is 63.8 Å². The van der Waals surface area contributed by atoms with Crippen molar-refractivity contribution >= 4 is 22.6 Å². The third-order valence-electron chi connectivity index (χ3n) is 4.51. The Bertz CT molecular complexity index is 820. The molecule has 1 aromatic heterocycles. The highest BCUT2D eigenvalue weighted by Gasteiger charge is 2.23. The van der Waals surface area contributed by atoms with Crippen molar-refractivity contribution in [2.24, 2.45) is 0 Å². The van der Waals surface area contributed by atoms with Crippen molar-refractivity contribution in [3.63, 3.8) is 0 Å². The van der Waals surface area contributed by atoms with E-state index in [-0.39, 0.29) is 12.4 Å². The molecule has 0 N–H and O–H groups in total. The summed E-state index contributed by atoms with van der Waals surface area (Å²) >= 11 is 2.45. The van der Waals surface area contributed by atoms with Gasteiger partial charge in [0.15, 0.2) is 0 Å². The second kappa shape index (κ2) is 7.50. The first-order chi connectivity index (χ1) is 11.3. The van der Waals surface area contributed by atoms with Gasteiger partial charge < -0.3 is 12.4 Å². The maximum absolute atomic E-state index is 2.45. The molecule has 0 amide bonds. The summed E-state index contributed by atoms with van der Waals surface area (Å²) in [5, 5.41) is 0. The van der Waals surface area contributed by atoms with Gasteiger partial charge in [0, 0.05) is 0 Å². The minimum atomic E-state index is 0. The van der Waals surface area contributed by atoms with Gasteiger partial charge in [0.25, 0.3) is 0 Å². The summed E-state index contributed by atoms with van der Waals surface area (Å²) in [6, 6.07) is 9.02. The quantitative estimate of drug-likeness (QED) is 0.405. The summed E-state index contributed by atoms with van der Waals surface area (Å²) in [5.74, 6) is 0. The smallest absolute Gasteiger partial charge is 0.327 e. The highest BCUT2D eigenvalue weighted by molar-refractivity contribution is 14.1. The zero-order valence-electron chi connectivity index (χ0n) is 15.6. The molecule has 0 aliphatic heterocycles. The normalized spacial score (nSPS) is 10.7. The standard InChI is InChI=1S/C21H24IN2.ClH/c1-13-9-15(3)19(16(4)10-13)23-7-8-24(21(23)22)20-17(5)11-14(2)12-18(20)6;/h7-12H,1-6H3;1H/q+1;/p-1. The van der Waals surface area contributed by atoms with E-state index < -0.39 is 0 Å². The van der Waals surface area contributed by atoms with Crippen LogP contribution in [0.5, 0.6) is 0 Å². The van der Waals surface area contributed by atoms with Crippen LogP contribution in [0.25, 0.3) is 11.4 Å². The number of nitrogens with zero attached hydrogens (tertiary/aromatic N) is 2. The van der Waals surface area contributed by atoms with Crippen molar-refractivity contribution in [2.45, 2.75) is 41.5 Å². The third kappa shape index (κ3) is 3.63. The number of aromatic nitrogens is 2. The Hall–Kier alpha value is -1.33. The predicted octanol–water partition coefficient (Wildman–Crippen LogP) is 2.21. The van der Waals surface area contributed by atoms with E-state index in [1.54, 1.807) is 0 Å². The molecule has 25 heavy (non-hydrogen) atoms. The van der Waals surface area contributed by atoms with Gasteiger partial charge >= 0.3 is 3.83 Å². The fraction of sp³-hybridized carbons (Fsp3) is 0.286. The lowest BCUT2D eigenvalue weighted by Crippen LogP contribution is -3.00. The largest absolute Gasteiger partial charge is 1.00 e. The number of rotatable bonds is 2. The van der Waals surface area contributed by atoms with Crippen LogP contribution in [0.2, 0.25) is 0 Å². The topological polar surface area (TPSA) is 8.81 Å². The number of hydrogen-bond acceptors (Lipinski definition) is 0. The lowest BCUT2D eigenvalue weighted by atomic mass is 10.0. The van der Waals surface area contributed by atoms with Crippen molar-refractivity contribution < 1.29 is 17.0 Å². The van der Waals surface area contributed by atoms with Crippen molar-refractivity contribution in [1.82, 2.24) is 4.57 Å². The molecule has 0 saturated carbocycles. The molecule has 0 atom stereocenters. The fourth-order valence-corrected chi connectivity index (χ4v) is 4.61. The molecule has 0 unspecified atom stereocenters. The summed E-state index contributed by atoms with van der Waals surface area (Å²) in [7, 11) is 0. The van der Waals surface area contributed by atoms with Gasteiger partial charge in [-0.1, -0.05) is 35.4 Å². The Morgan fingerprint density at radius 2 is 1.20 bits per heavy atom. The zero-order valence-corrected chi connectivity index (χ0v) is 18.5. The zero-order chi connectivity index (χ0) is 17.6. The fourth-order valence-electron chi connectivity index (χ4n) is 3.81. The molecule has 0 aliphatic rings. The van der Waals surface area contributed by atoms with Crippen LogP contribution in [0.1, 0.15) is 33.4 Å². The van der Waals surface area contributed by atoms with Crippen molar-refractivity contribution in [3.05, 3.63) is 73.9 Å². The Balaban J connectivity index is 0.00000225. The first kappa shape index (κ1) is 20.0. The van der Waals surface area contributed by atoms with E-state index in [0.29, 0.717) is 0 Å². The number of benzene rings is 2. The predicted molar refractivity (Wildman–Crippen MR) is 108 cm³/mol. The molecule has 0 aliphatic carbocycles. The third-order valence-corrected chi connectivity index (χ3v) is 5.55. The molecule has 0 saturated heterocycles. The molecular formula is C21H24ClIN2. The van der Waals surface area contributed by atoms with Gasteiger partial charge in [-0.15, -0.1) is 0 Å². The summed E-state index contributed by atoms with van der Waals surface area (Å²) in [4.78, 5) is 0. The molecular weight excluding hydrogens is 443 g/mol. The molecule has 0 radical (unpaired) electrons. The van der Waals surface area contributed by atoms with Crippen LogP contribution >= 0.6 is 22.6 Å². The first-order valence-electron chi connectivity index (χ1n) is 8.24. The lowest BCUT2D eigenvalue weighted by molar-refractivity contribution is -0.609. The Kier molecular flexibility index (Phi) is 6.00. The van der Waals surface area contributed by atoms with Gasteiger partial charge in [-0.2, -0.15) is 9.13 Å². The van der Waals surface area contributed by atoms with Gasteiger partial charge in [-0.3, -0.25) is 0 Å². The number of halogens is 2. The molecule has 3 rings (SSSR count). The minimum Gasteiger partial charge on any atom is -1.00 e. The molecule has 132 valence electrons. The van der Waals surface area contributed by atoms with E-state index in [1.165, 1.54) is 48.6 Å². The maximum atomic E-state index is 2.45. The number of imidazole rings is 1. The van der Waals surface area contributed by atoms with Crippen LogP contribution in [0.3, 0.4) is 0 Å². The average molecular weight is 467 g/mol.